The van der Waals surface area contributed by atoms with Gasteiger partial charge in [0, 0.05) is 50.0 Å². The maximum Gasteiger partial charge on any atom is 0.251 e. The van der Waals surface area contributed by atoms with Gasteiger partial charge in [0.2, 0.25) is 0 Å². The average Bonchev–Trinajstić information content (AvgIpc) is 2.84. The van der Waals surface area contributed by atoms with E-state index < -0.39 is 0 Å². The Morgan fingerprint density at radius 3 is 2.52 bits per heavy atom. The van der Waals surface area contributed by atoms with Crippen LogP contribution in [0.25, 0.3) is 10.8 Å². The Hall–Kier alpha value is -3.05. The van der Waals surface area contributed by atoms with E-state index in [2.05, 4.69) is 33.3 Å². The normalized spacial score (nSPS) is 14.5. The Labute approximate surface area is 184 Å². The van der Waals surface area contributed by atoms with Gasteiger partial charge in [-0.05, 0) is 54.4 Å². The molecule has 0 bridgehead atoms. The number of nitrogens with zero attached hydrogens (tertiary/aromatic N) is 2. The molecule has 0 spiro atoms. The molecular weight excluding hydrogens is 386 g/mol. The minimum Gasteiger partial charge on any atom is -0.497 e. The van der Waals surface area contributed by atoms with E-state index in [0.717, 1.165) is 74.2 Å². The first-order valence-corrected chi connectivity index (χ1v) is 11.1. The smallest absolute Gasteiger partial charge is 0.251 e. The lowest BCUT2D eigenvalue weighted by Gasteiger charge is -2.36. The molecule has 0 aromatic heterocycles. The Morgan fingerprint density at radius 1 is 0.903 bits per heavy atom. The summed E-state index contributed by atoms with van der Waals surface area (Å²) >= 11 is 0. The molecule has 162 valence electrons. The van der Waals surface area contributed by atoms with Gasteiger partial charge < -0.3 is 15.0 Å². The standard InChI is InChI=1S/C26H31N3O2/c1-31-25-10-6-9-24(20-25)29-17-15-28(16-18-29)14-5-4-13-27-26(30)23-12-11-21-7-2-3-8-22(21)19-23/h2-3,6-12,19-20H,4-5,13-18H2,1H3,(H,27,30). The van der Waals surface area contributed by atoms with Crippen molar-refractivity contribution in [3.63, 3.8) is 0 Å². The Morgan fingerprint density at radius 2 is 1.71 bits per heavy atom. The third kappa shape index (κ3) is 5.56. The van der Waals surface area contributed by atoms with Gasteiger partial charge in [0.05, 0.1) is 7.11 Å². The highest BCUT2D eigenvalue weighted by atomic mass is 16.5. The molecule has 1 saturated heterocycles. The van der Waals surface area contributed by atoms with E-state index in [9.17, 15) is 4.79 Å². The van der Waals surface area contributed by atoms with E-state index in [4.69, 9.17) is 4.74 Å². The van der Waals surface area contributed by atoms with Crippen LogP contribution in [0.2, 0.25) is 0 Å². The molecule has 3 aromatic carbocycles. The van der Waals surface area contributed by atoms with Crippen molar-refractivity contribution in [3.8, 4) is 5.75 Å². The number of rotatable bonds is 8. The lowest BCUT2D eigenvalue weighted by Crippen LogP contribution is -2.46. The van der Waals surface area contributed by atoms with Gasteiger partial charge in [0.25, 0.3) is 5.91 Å². The van der Waals surface area contributed by atoms with Crippen molar-refractivity contribution in [1.82, 2.24) is 10.2 Å². The third-order valence-corrected chi connectivity index (χ3v) is 5.99. The molecule has 3 aromatic rings. The maximum atomic E-state index is 12.4. The molecule has 0 aliphatic carbocycles. The van der Waals surface area contributed by atoms with Crippen molar-refractivity contribution in [2.24, 2.45) is 0 Å². The summed E-state index contributed by atoms with van der Waals surface area (Å²) in [6, 6.07) is 22.3. The van der Waals surface area contributed by atoms with Crippen LogP contribution in [-0.4, -0.2) is 57.2 Å². The fraction of sp³-hybridized carbons (Fsp3) is 0.346. The van der Waals surface area contributed by atoms with E-state index in [1.807, 2.05) is 48.5 Å². The van der Waals surface area contributed by atoms with E-state index in [1.54, 1.807) is 7.11 Å². The van der Waals surface area contributed by atoms with Crippen molar-refractivity contribution in [2.45, 2.75) is 12.8 Å². The van der Waals surface area contributed by atoms with Crippen LogP contribution in [-0.2, 0) is 0 Å². The number of carbonyl (C=O) groups excluding carboxylic acids is 1. The molecule has 0 radical (unpaired) electrons. The van der Waals surface area contributed by atoms with E-state index in [-0.39, 0.29) is 5.91 Å². The van der Waals surface area contributed by atoms with Crippen LogP contribution in [0, 0.1) is 0 Å². The number of carbonyl (C=O) groups is 1. The van der Waals surface area contributed by atoms with Crippen LogP contribution >= 0.6 is 0 Å². The molecule has 1 fully saturated rings. The highest BCUT2D eigenvalue weighted by Crippen LogP contribution is 2.22. The molecule has 0 unspecified atom stereocenters. The van der Waals surface area contributed by atoms with E-state index in [0.29, 0.717) is 0 Å². The van der Waals surface area contributed by atoms with Crippen LogP contribution < -0.4 is 15.0 Å². The Bertz CT molecular complexity index is 1010. The predicted octanol–water partition coefficient (Wildman–Crippen LogP) is 4.18. The van der Waals surface area contributed by atoms with Gasteiger partial charge in [-0.25, -0.2) is 0 Å². The highest BCUT2D eigenvalue weighted by Gasteiger charge is 2.17. The van der Waals surface area contributed by atoms with Crippen LogP contribution in [0.1, 0.15) is 23.2 Å². The summed E-state index contributed by atoms with van der Waals surface area (Å²) in [6.07, 6.45) is 2.09. The van der Waals surface area contributed by atoms with Crippen molar-refractivity contribution in [2.75, 3.05) is 51.3 Å². The second kappa shape index (κ2) is 10.3. The van der Waals surface area contributed by atoms with Crippen molar-refractivity contribution in [3.05, 3.63) is 72.3 Å². The minimum absolute atomic E-state index is 0.0117. The number of amides is 1. The summed E-state index contributed by atoms with van der Waals surface area (Å²) in [5.41, 5.74) is 1.96. The van der Waals surface area contributed by atoms with Crippen molar-refractivity contribution in [1.29, 1.82) is 0 Å². The van der Waals surface area contributed by atoms with Crippen LogP contribution in [0.15, 0.2) is 66.7 Å². The molecule has 1 heterocycles. The molecule has 1 amide bonds. The summed E-state index contributed by atoms with van der Waals surface area (Å²) in [7, 11) is 1.71. The Balaban J connectivity index is 1.15. The number of benzene rings is 3. The lowest BCUT2D eigenvalue weighted by molar-refractivity contribution is 0.0952. The molecule has 5 heteroatoms. The minimum atomic E-state index is 0.0117. The number of unbranched alkanes of at least 4 members (excludes halogenated alkanes) is 1. The van der Waals surface area contributed by atoms with Gasteiger partial charge in [-0.3, -0.25) is 9.69 Å². The lowest BCUT2D eigenvalue weighted by atomic mass is 10.1. The van der Waals surface area contributed by atoms with Gasteiger partial charge in [-0.2, -0.15) is 0 Å². The van der Waals surface area contributed by atoms with E-state index in [1.165, 1.54) is 5.69 Å². The van der Waals surface area contributed by atoms with Gasteiger partial charge in [-0.1, -0.05) is 36.4 Å². The number of nitrogens with one attached hydrogen (secondary N) is 1. The maximum absolute atomic E-state index is 12.4. The average molecular weight is 418 g/mol. The Kier molecular flexibility index (Phi) is 7.05. The SMILES string of the molecule is COc1cccc(N2CCN(CCCCNC(=O)c3ccc4ccccc4c3)CC2)c1. The molecule has 0 atom stereocenters. The summed E-state index contributed by atoms with van der Waals surface area (Å²) in [4.78, 5) is 17.4. The zero-order valence-corrected chi connectivity index (χ0v) is 18.2. The quantitative estimate of drug-likeness (QED) is 0.559. The largest absolute Gasteiger partial charge is 0.497 e. The number of methoxy groups -OCH3 is 1. The molecule has 4 rings (SSSR count). The number of anilines is 1. The number of hydrogen-bond acceptors (Lipinski definition) is 4. The van der Waals surface area contributed by atoms with Gasteiger partial charge >= 0.3 is 0 Å². The summed E-state index contributed by atoms with van der Waals surface area (Å²) in [6.45, 7) is 6.01. The van der Waals surface area contributed by atoms with Crippen LogP contribution in [0.4, 0.5) is 5.69 Å². The molecule has 1 aliphatic rings. The fourth-order valence-corrected chi connectivity index (χ4v) is 4.13. The third-order valence-electron chi connectivity index (χ3n) is 5.99. The molecule has 1 N–H and O–H groups in total. The fourth-order valence-electron chi connectivity index (χ4n) is 4.13. The van der Waals surface area contributed by atoms with Crippen molar-refractivity contribution >= 4 is 22.4 Å². The monoisotopic (exact) mass is 417 g/mol. The summed E-state index contributed by atoms with van der Waals surface area (Å²) in [5.74, 6) is 0.920. The summed E-state index contributed by atoms with van der Waals surface area (Å²) < 4.78 is 5.34. The van der Waals surface area contributed by atoms with Gasteiger partial charge in [-0.15, -0.1) is 0 Å². The number of ether oxygens (including phenoxy) is 1. The second-order valence-electron chi connectivity index (χ2n) is 8.06. The molecule has 1 aliphatic heterocycles. The zero-order chi connectivity index (χ0) is 21.5. The highest BCUT2D eigenvalue weighted by molar-refractivity contribution is 5.98. The molecule has 31 heavy (non-hydrogen) atoms. The first-order valence-electron chi connectivity index (χ1n) is 11.1. The number of fused-ring (bicyclic) bond motifs is 1. The summed E-state index contributed by atoms with van der Waals surface area (Å²) in [5, 5.41) is 5.32. The molecular formula is C26H31N3O2. The second-order valence-corrected chi connectivity index (χ2v) is 8.06. The topological polar surface area (TPSA) is 44.8 Å². The number of hydrogen-bond donors (Lipinski definition) is 1. The zero-order valence-electron chi connectivity index (χ0n) is 18.2. The van der Waals surface area contributed by atoms with Crippen LogP contribution in [0.5, 0.6) is 5.75 Å². The first-order chi connectivity index (χ1) is 15.2. The van der Waals surface area contributed by atoms with Gasteiger partial charge in [0.1, 0.15) is 5.75 Å². The van der Waals surface area contributed by atoms with Gasteiger partial charge in [0.15, 0.2) is 0 Å². The number of piperazine rings is 1. The van der Waals surface area contributed by atoms with Crippen molar-refractivity contribution < 1.29 is 9.53 Å². The molecule has 5 nitrogen and oxygen atoms in total. The molecule has 0 saturated carbocycles. The predicted molar refractivity (Wildman–Crippen MR) is 127 cm³/mol. The first kappa shape index (κ1) is 21.2. The van der Waals surface area contributed by atoms with E-state index >= 15 is 0 Å². The van der Waals surface area contributed by atoms with Crippen LogP contribution in [0.3, 0.4) is 0 Å².